The molecule has 0 aromatic heterocycles. The fraction of sp³-hybridized carbons (Fsp3) is 0.435. The standard InChI is InChI=1S/C23H30ClN3O3S/c1-4-17(2)19-6-9-21(10-7-19)31(29,30)27-13-11-26(12-14-27)16-23(28)25-22-15-20(24)8-5-18(22)3/h5-10,15,17H,4,11-14,16H2,1-3H3,(H,25,28)/t17-/m0/s1. The number of carbonyl (C=O) groups is 1. The maximum Gasteiger partial charge on any atom is 0.243 e. The molecule has 1 amide bonds. The molecule has 3 rings (SSSR count). The van der Waals surface area contributed by atoms with E-state index in [9.17, 15) is 13.2 Å². The van der Waals surface area contributed by atoms with Gasteiger partial charge in [-0.25, -0.2) is 8.42 Å². The number of anilines is 1. The van der Waals surface area contributed by atoms with Crippen LogP contribution < -0.4 is 5.32 Å². The number of halogens is 1. The summed E-state index contributed by atoms with van der Waals surface area (Å²) in [5, 5.41) is 3.45. The van der Waals surface area contributed by atoms with Gasteiger partial charge < -0.3 is 5.32 Å². The molecule has 0 unspecified atom stereocenters. The molecule has 1 atom stereocenters. The highest BCUT2D eigenvalue weighted by Crippen LogP contribution is 2.23. The summed E-state index contributed by atoms with van der Waals surface area (Å²) in [6.45, 7) is 8.10. The average Bonchev–Trinajstić information content (AvgIpc) is 2.76. The second-order valence-corrected chi connectivity index (χ2v) is 10.4. The summed E-state index contributed by atoms with van der Waals surface area (Å²) < 4.78 is 27.5. The molecule has 1 aliphatic rings. The quantitative estimate of drug-likeness (QED) is 0.670. The highest BCUT2D eigenvalue weighted by Gasteiger charge is 2.29. The molecule has 0 saturated carbocycles. The molecule has 2 aromatic carbocycles. The molecule has 0 spiro atoms. The van der Waals surface area contributed by atoms with Crippen LogP contribution in [0.5, 0.6) is 0 Å². The Hall–Kier alpha value is -1.93. The van der Waals surface area contributed by atoms with Crippen molar-refractivity contribution in [2.45, 2.75) is 38.0 Å². The SMILES string of the molecule is CC[C@H](C)c1ccc(S(=O)(=O)N2CCN(CC(=O)Nc3cc(Cl)ccc3C)CC2)cc1. The first-order valence-corrected chi connectivity index (χ1v) is 12.4. The van der Waals surface area contributed by atoms with Crippen molar-refractivity contribution >= 4 is 33.2 Å². The number of nitrogens with one attached hydrogen (secondary N) is 1. The summed E-state index contributed by atoms with van der Waals surface area (Å²) in [7, 11) is -3.53. The molecule has 2 aromatic rings. The number of carbonyl (C=O) groups excluding carboxylic acids is 1. The normalized spacial score (nSPS) is 16.8. The maximum atomic E-state index is 13.0. The smallest absolute Gasteiger partial charge is 0.243 e. The van der Waals surface area contributed by atoms with E-state index >= 15 is 0 Å². The van der Waals surface area contributed by atoms with E-state index in [0.717, 1.165) is 17.5 Å². The second kappa shape index (κ2) is 10.1. The first kappa shape index (κ1) is 23.7. The van der Waals surface area contributed by atoms with E-state index < -0.39 is 10.0 Å². The molecule has 0 radical (unpaired) electrons. The third kappa shape index (κ3) is 5.86. The van der Waals surface area contributed by atoms with Gasteiger partial charge in [0.1, 0.15) is 0 Å². The highest BCUT2D eigenvalue weighted by molar-refractivity contribution is 7.89. The number of sulfonamides is 1. The van der Waals surface area contributed by atoms with Crippen LogP contribution in [0.25, 0.3) is 0 Å². The first-order valence-electron chi connectivity index (χ1n) is 10.6. The predicted octanol–water partition coefficient (Wildman–Crippen LogP) is 4.11. The Morgan fingerprint density at radius 1 is 1.10 bits per heavy atom. The van der Waals surface area contributed by atoms with Crippen molar-refractivity contribution in [1.29, 1.82) is 0 Å². The lowest BCUT2D eigenvalue weighted by Gasteiger charge is -2.33. The van der Waals surface area contributed by atoms with Crippen molar-refractivity contribution in [3.63, 3.8) is 0 Å². The van der Waals surface area contributed by atoms with Gasteiger partial charge in [0.15, 0.2) is 0 Å². The summed E-state index contributed by atoms with van der Waals surface area (Å²) in [5.41, 5.74) is 2.78. The average molecular weight is 464 g/mol. The lowest BCUT2D eigenvalue weighted by Crippen LogP contribution is -2.50. The molecule has 31 heavy (non-hydrogen) atoms. The van der Waals surface area contributed by atoms with Crippen molar-refractivity contribution in [2.75, 3.05) is 38.0 Å². The van der Waals surface area contributed by atoms with Crippen LogP contribution in [-0.4, -0.2) is 56.3 Å². The predicted molar refractivity (Wildman–Crippen MR) is 125 cm³/mol. The van der Waals surface area contributed by atoms with Crippen LogP contribution in [0.3, 0.4) is 0 Å². The van der Waals surface area contributed by atoms with Gasteiger partial charge in [0.2, 0.25) is 15.9 Å². The molecule has 1 heterocycles. The van der Waals surface area contributed by atoms with Crippen LogP contribution in [0.1, 0.15) is 37.3 Å². The molecule has 1 N–H and O–H groups in total. The van der Waals surface area contributed by atoms with Gasteiger partial charge >= 0.3 is 0 Å². The van der Waals surface area contributed by atoms with Crippen LogP contribution in [0.4, 0.5) is 5.69 Å². The summed E-state index contributed by atoms with van der Waals surface area (Å²) in [5.74, 6) is 0.268. The second-order valence-electron chi connectivity index (χ2n) is 8.07. The summed E-state index contributed by atoms with van der Waals surface area (Å²) in [4.78, 5) is 14.7. The van der Waals surface area contributed by atoms with Crippen molar-refractivity contribution in [2.24, 2.45) is 0 Å². The number of aryl methyl sites for hydroxylation is 1. The van der Waals surface area contributed by atoms with Gasteiger partial charge in [-0.3, -0.25) is 9.69 Å². The van der Waals surface area contributed by atoms with Crippen LogP contribution in [0.2, 0.25) is 5.02 Å². The molecule has 168 valence electrons. The van der Waals surface area contributed by atoms with Gasteiger partial charge in [0.05, 0.1) is 11.4 Å². The highest BCUT2D eigenvalue weighted by atomic mass is 35.5. The van der Waals surface area contributed by atoms with Crippen molar-refractivity contribution < 1.29 is 13.2 Å². The molecule has 1 fully saturated rings. The van der Waals surface area contributed by atoms with E-state index in [1.54, 1.807) is 24.3 Å². The number of hydrogen-bond acceptors (Lipinski definition) is 4. The fourth-order valence-electron chi connectivity index (χ4n) is 3.60. The molecule has 1 saturated heterocycles. The lowest BCUT2D eigenvalue weighted by atomic mass is 9.99. The molecule has 6 nitrogen and oxygen atoms in total. The zero-order valence-corrected chi connectivity index (χ0v) is 19.8. The van der Waals surface area contributed by atoms with E-state index in [-0.39, 0.29) is 12.5 Å². The number of rotatable bonds is 7. The van der Waals surface area contributed by atoms with Gasteiger partial charge in [-0.05, 0) is 54.7 Å². The Labute approximate surface area is 190 Å². The Balaban J connectivity index is 1.56. The van der Waals surface area contributed by atoms with Crippen molar-refractivity contribution in [3.05, 3.63) is 58.6 Å². The Morgan fingerprint density at radius 3 is 2.35 bits per heavy atom. The van der Waals surface area contributed by atoms with E-state index in [4.69, 9.17) is 11.6 Å². The van der Waals surface area contributed by atoms with E-state index in [0.29, 0.717) is 47.7 Å². The van der Waals surface area contributed by atoms with Gasteiger partial charge in [-0.1, -0.05) is 43.6 Å². The number of hydrogen-bond donors (Lipinski definition) is 1. The summed E-state index contributed by atoms with van der Waals surface area (Å²) >= 11 is 6.01. The molecular weight excluding hydrogens is 434 g/mol. The van der Waals surface area contributed by atoms with Crippen molar-refractivity contribution in [3.8, 4) is 0 Å². The van der Waals surface area contributed by atoms with Gasteiger partial charge in [-0.15, -0.1) is 0 Å². The van der Waals surface area contributed by atoms with Gasteiger partial charge in [0.25, 0.3) is 0 Å². The third-order valence-electron chi connectivity index (χ3n) is 5.87. The van der Waals surface area contributed by atoms with E-state index in [1.165, 1.54) is 4.31 Å². The Morgan fingerprint density at radius 2 is 1.74 bits per heavy atom. The van der Waals surface area contributed by atoms with Gasteiger partial charge in [-0.2, -0.15) is 4.31 Å². The van der Waals surface area contributed by atoms with Crippen LogP contribution in [-0.2, 0) is 14.8 Å². The third-order valence-corrected chi connectivity index (χ3v) is 8.02. The topological polar surface area (TPSA) is 69.7 Å². The summed E-state index contributed by atoms with van der Waals surface area (Å²) in [6, 6.07) is 12.6. The minimum atomic E-state index is -3.53. The largest absolute Gasteiger partial charge is 0.325 e. The van der Waals surface area contributed by atoms with Crippen LogP contribution >= 0.6 is 11.6 Å². The molecular formula is C23H30ClN3O3S. The monoisotopic (exact) mass is 463 g/mol. The molecule has 0 aliphatic carbocycles. The minimum Gasteiger partial charge on any atom is -0.325 e. The zero-order valence-electron chi connectivity index (χ0n) is 18.3. The minimum absolute atomic E-state index is 0.137. The number of benzene rings is 2. The van der Waals surface area contributed by atoms with Crippen LogP contribution in [0.15, 0.2) is 47.4 Å². The fourth-order valence-corrected chi connectivity index (χ4v) is 5.20. The van der Waals surface area contributed by atoms with E-state index in [2.05, 4.69) is 19.2 Å². The first-order chi connectivity index (χ1) is 14.7. The van der Waals surface area contributed by atoms with E-state index in [1.807, 2.05) is 30.0 Å². The molecule has 8 heteroatoms. The van der Waals surface area contributed by atoms with Crippen LogP contribution in [0, 0.1) is 6.92 Å². The zero-order chi connectivity index (χ0) is 22.6. The van der Waals surface area contributed by atoms with Gasteiger partial charge in [0, 0.05) is 36.9 Å². The lowest BCUT2D eigenvalue weighted by molar-refractivity contribution is -0.117. The maximum absolute atomic E-state index is 13.0. The number of piperazine rings is 1. The number of nitrogens with zero attached hydrogens (tertiary/aromatic N) is 2. The van der Waals surface area contributed by atoms with Crippen molar-refractivity contribution in [1.82, 2.24) is 9.21 Å². The molecule has 0 bridgehead atoms. The molecule has 1 aliphatic heterocycles. The number of amides is 1. The summed E-state index contributed by atoms with van der Waals surface area (Å²) in [6.07, 6.45) is 1.01. The Bertz CT molecular complexity index is 1020. The Kier molecular flexibility index (Phi) is 7.75.